The van der Waals surface area contributed by atoms with Gasteiger partial charge in [0.1, 0.15) is 0 Å². The molecule has 1 aliphatic heterocycles. The Morgan fingerprint density at radius 3 is 2.42 bits per heavy atom. The second kappa shape index (κ2) is 7.68. The first-order valence-electron chi connectivity index (χ1n) is 8.93. The van der Waals surface area contributed by atoms with Crippen LogP contribution in [0.1, 0.15) is 18.3 Å². The summed E-state index contributed by atoms with van der Waals surface area (Å²) in [6.07, 6.45) is 0. The first-order valence-corrected chi connectivity index (χ1v) is 9.31. The molecule has 1 atom stereocenters. The van der Waals surface area contributed by atoms with Crippen LogP contribution in [0.5, 0.6) is 0 Å². The summed E-state index contributed by atoms with van der Waals surface area (Å²) in [6.45, 7) is 9.19. The molecule has 7 heteroatoms. The number of rotatable bonds is 4. The molecule has 6 nitrogen and oxygen atoms in total. The summed E-state index contributed by atoms with van der Waals surface area (Å²) >= 11 is 6.30. The Morgan fingerprint density at radius 1 is 1.19 bits per heavy atom. The van der Waals surface area contributed by atoms with Crippen LogP contribution in [0.25, 0.3) is 0 Å². The number of amides is 1. The molecule has 26 heavy (non-hydrogen) atoms. The second-order valence-corrected chi connectivity index (χ2v) is 7.22. The summed E-state index contributed by atoms with van der Waals surface area (Å²) in [5.41, 5.74) is 3.69. The SMILES string of the molecule is Cc1nn(C)c(C)c1NC(=O)C(C)N1CCN(c2ccccc2Cl)CC1. The smallest absolute Gasteiger partial charge is 0.241 e. The van der Waals surface area contributed by atoms with E-state index in [4.69, 9.17) is 11.6 Å². The van der Waals surface area contributed by atoms with Crippen molar-refractivity contribution in [1.82, 2.24) is 14.7 Å². The zero-order valence-corrected chi connectivity index (χ0v) is 16.5. The van der Waals surface area contributed by atoms with E-state index in [0.717, 1.165) is 54.0 Å². The van der Waals surface area contributed by atoms with E-state index in [1.165, 1.54) is 0 Å². The van der Waals surface area contributed by atoms with Crippen LogP contribution in [0, 0.1) is 13.8 Å². The van der Waals surface area contributed by atoms with Crippen LogP contribution in [0.15, 0.2) is 24.3 Å². The predicted octanol–water partition coefficient (Wildman–Crippen LogP) is 2.84. The molecule has 1 aromatic carbocycles. The quantitative estimate of drug-likeness (QED) is 0.892. The van der Waals surface area contributed by atoms with Crippen LogP contribution in [-0.2, 0) is 11.8 Å². The Labute approximate surface area is 159 Å². The molecule has 0 saturated carbocycles. The lowest BCUT2D eigenvalue weighted by atomic mass is 10.2. The average molecular weight is 376 g/mol. The zero-order chi connectivity index (χ0) is 18.8. The van der Waals surface area contributed by atoms with Crippen molar-refractivity contribution in [1.29, 1.82) is 0 Å². The maximum Gasteiger partial charge on any atom is 0.241 e. The molecule has 1 saturated heterocycles. The van der Waals surface area contributed by atoms with Gasteiger partial charge >= 0.3 is 0 Å². The Morgan fingerprint density at radius 2 is 1.85 bits per heavy atom. The van der Waals surface area contributed by atoms with E-state index in [-0.39, 0.29) is 11.9 Å². The first-order chi connectivity index (χ1) is 12.4. The van der Waals surface area contributed by atoms with Crippen LogP contribution >= 0.6 is 11.6 Å². The van der Waals surface area contributed by atoms with Gasteiger partial charge in [0.2, 0.25) is 5.91 Å². The van der Waals surface area contributed by atoms with E-state index in [0.29, 0.717) is 0 Å². The lowest BCUT2D eigenvalue weighted by molar-refractivity contribution is -0.120. The molecule has 140 valence electrons. The van der Waals surface area contributed by atoms with Crippen LogP contribution in [0.4, 0.5) is 11.4 Å². The van der Waals surface area contributed by atoms with Gasteiger partial charge in [0, 0.05) is 33.2 Å². The van der Waals surface area contributed by atoms with Gasteiger partial charge in [-0.3, -0.25) is 14.4 Å². The number of aryl methyl sites for hydroxylation is 2. The van der Waals surface area contributed by atoms with Crippen LogP contribution in [0.3, 0.4) is 0 Å². The lowest BCUT2D eigenvalue weighted by Gasteiger charge is -2.38. The Kier molecular flexibility index (Phi) is 5.53. The van der Waals surface area contributed by atoms with Gasteiger partial charge in [-0.2, -0.15) is 5.10 Å². The number of carbonyl (C=O) groups excluding carboxylic acids is 1. The van der Waals surface area contributed by atoms with Crippen molar-refractivity contribution in [3.63, 3.8) is 0 Å². The molecule has 0 spiro atoms. The molecule has 0 radical (unpaired) electrons. The van der Waals surface area contributed by atoms with E-state index in [9.17, 15) is 4.79 Å². The molecule has 1 aromatic heterocycles. The third-order valence-corrected chi connectivity index (χ3v) is 5.51. The highest BCUT2D eigenvalue weighted by Gasteiger charge is 2.27. The summed E-state index contributed by atoms with van der Waals surface area (Å²) in [7, 11) is 1.88. The van der Waals surface area contributed by atoms with Crippen molar-refractivity contribution in [3.05, 3.63) is 40.7 Å². The number of halogens is 1. The van der Waals surface area contributed by atoms with Gasteiger partial charge in [-0.25, -0.2) is 0 Å². The van der Waals surface area contributed by atoms with E-state index in [2.05, 4.69) is 20.2 Å². The molecule has 1 N–H and O–H groups in total. The third-order valence-electron chi connectivity index (χ3n) is 5.19. The van der Waals surface area contributed by atoms with Crippen molar-refractivity contribution >= 4 is 28.9 Å². The summed E-state index contributed by atoms with van der Waals surface area (Å²) in [5.74, 6) is 0.00962. The van der Waals surface area contributed by atoms with E-state index < -0.39 is 0 Å². The zero-order valence-electron chi connectivity index (χ0n) is 15.8. The molecule has 1 unspecified atom stereocenters. The topological polar surface area (TPSA) is 53.4 Å². The van der Waals surface area contributed by atoms with Crippen molar-refractivity contribution in [2.75, 3.05) is 36.4 Å². The average Bonchev–Trinajstić information content (AvgIpc) is 2.88. The number of carbonyl (C=O) groups is 1. The summed E-state index contributed by atoms with van der Waals surface area (Å²) in [6, 6.07) is 7.71. The number of piperazine rings is 1. The van der Waals surface area contributed by atoms with Crippen LogP contribution in [0.2, 0.25) is 5.02 Å². The summed E-state index contributed by atoms with van der Waals surface area (Å²) in [5, 5.41) is 8.18. The molecule has 1 fully saturated rings. The molecule has 1 aliphatic rings. The molecule has 1 amide bonds. The fourth-order valence-electron chi connectivity index (χ4n) is 3.41. The van der Waals surface area contributed by atoms with Crippen molar-refractivity contribution < 1.29 is 4.79 Å². The van der Waals surface area contributed by atoms with Gasteiger partial charge in [-0.1, -0.05) is 23.7 Å². The van der Waals surface area contributed by atoms with Gasteiger partial charge in [0.15, 0.2) is 0 Å². The largest absolute Gasteiger partial charge is 0.368 e. The number of para-hydroxylation sites is 1. The van der Waals surface area contributed by atoms with E-state index in [1.807, 2.05) is 52.1 Å². The predicted molar refractivity (Wildman–Crippen MR) is 106 cm³/mol. The highest BCUT2D eigenvalue weighted by Crippen LogP contribution is 2.26. The van der Waals surface area contributed by atoms with Crippen LogP contribution in [-0.4, -0.2) is 52.8 Å². The number of benzene rings is 1. The van der Waals surface area contributed by atoms with Crippen molar-refractivity contribution in [2.45, 2.75) is 26.8 Å². The minimum atomic E-state index is -0.192. The summed E-state index contributed by atoms with van der Waals surface area (Å²) in [4.78, 5) is 17.2. The Balaban J connectivity index is 1.60. The Bertz CT molecular complexity index is 795. The number of nitrogens with one attached hydrogen (secondary N) is 1. The maximum atomic E-state index is 12.7. The molecular weight excluding hydrogens is 350 g/mol. The van der Waals surface area contributed by atoms with Gasteiger partial charge in [0.25, 0.3) is 0 Å². The van der Waals surface area contributed by atoms with Gasteiger partial charge in [-0.15, -0.1) is 0 Å². The van der Waals surface area contributed by atoms with Crippen molar-refractivity contribution in [3.8, 4) is 0 Å². The molecule has 0 aliphatic carbocycles. The van der Waals surface area contributed by atoms with Gasteiger partial charge in [-0.05, 0) is 32.9 Å². The normalized spacial score (nSPS) is 16.6. The fraction of sp³-hybridized carbons (Fsp3) is 0.474. The number of anilines is 2. The fourth-order valence-corrected chi connectivity index (χ4v) is 3.66. The first kappa shape index (κ1) is 18.7. The third kappa shape index (κ3) is 3.71. The number of nitrogens with zero attached hydrogens (tertiary/aromatic N) is 4. The van der Waals surface area contributed by atoms with Crippen molar-refractivity contribution in [2.24, 2.45) is 7.05 Å². The molecular formula is C19H26ClN5O. The molecule has 0 bridgehead atoms. The summed E-state index contributed by atoms with van der Waals surface area (Å²) < 4.78 is 1.79. The molecule has 2 aromatic rings. The molecule has 3 rings (SSSR count). The standard InChI is InChI=1S/C19H26ClN5O/c1-13-18(14(2)23(4)22-13)21-19(26)15(3)24-9-11-25(12-10-24)17-8-6-5-7-16(17)20/h5-8,15H,9-12H2,1-4H3,(H,21,26). The maximum absolute atomic E-state index is 12.7. The van der Waals surface area contributed by atoms with Crippen LogP contribution < -0.4 is 10.2 Å². The minimum absolute atomic E-state index is 0.00962. The highest BCUT2D eigenvalue weighted by atomic mass is 35.5. The monoisotopic (exact) mass is 375 g/mol. The second-order valence-electron chi connectivity index (χ2n) is 6.81. The highest BCUT2D eigenvalue weighted by molar-refractivity contribution is 6.33. The number of aromatic nitrogens is 2. The molecule has 2 heterocycles. The lowest BCUT2D eigenvalue weighted by Crippen LogP contribution is -2.53. The van der Waals surface area contributed by atoms with E-state index >= 15 is 0 Å². The number of hydrogen-bond donors (Lipinski definition) is 1. The Hall–Kier alpha value is -2.05. The number of hydrogen-bond acceptors (Lipinski definition) is 4. The minimum Gasteiger partial charge on any atom is -0.368 e. The van der Waals surface area contributed by atoms with Gasteiger partial charge in [0.05, 0.1) is 33.8 Å². The van der Waals surface area contributed by atoms with E-state index in [1.54, 1.807) is 4.68 Å². The van der Waals surface area contributed by atoms with Gasteiger partial charge < -0.3 is 10.2 Å².